The van der Waals surface area contributed by atoms with Crippen LogP contribution in [-0.2, 0) is 14.3 Å². The normalized spacial score (nSPS) is 23.6. The number of nitrogens with one attached hydrogen (secondary N) is 1. The number of carbonyl (C=O) groups excluding carboxylic acids is 2. The lowest BCUT2D eigenvalue weighted by Crippen LogP contribution is -2.47. The topological polar surface area (TPSA) is 84.9 Å². The van der Waals surface area contributed by atoms with Crippen LogP contribution in [0.4, 0.5) is 4.79 Å². The van der Waals surface area contributed by atoms with Gasteiger partial charge >= 0.3 is 12.1 Å². The van der Waals surface area contributed by atoms with Crippen molar-refractivity contribution < 1.29 is 24.2 Å². The van der Waals surface area contributed by atoms with Crippen molar-refractivity contribution in [1.82, 2.24) is 5.32 Å². The van der Waals surface area contributed by atoms with E-state index in [0.29, 0.717) is 12.8 Å². The van der Waals surface area contributed by atoms with Crippen molar-refractivity contribution in [3.8, 4) is 0 Å². The van der Waals surface area contributed by atoms with E-state index in [1.807, 2.05) is 0 Å². The minimum Gasteiger partial charge on any atom is -0.469 e. The largest absolute Gasteiger partial charge is 0.469 e. The summed E-state index contributed by atoms with van der Waals surface area (Å²) in [4.78, 5) is 23.6. The molecule has 6 nitrogen and oxygen atoms in total. The van der Waals surface area contributed by atoms with Crippen LogP contribution in [0.5, 0.6) is 0 Å². The first-order chi connectivity index (χ1) is 9.67. The summed E-state index contributed by atoms with van der Waals surface area (Å²) in [6, 6.07) is -0.566. The Kier molecular flexibility index (Phi) is 5.78. The molecule has 0 aromatic carbocycles. The molecule has 0 heterocycles. The summed E-state index contributed by atoms with van der Waals surface area (Å²) in [5, 5.41) is 12.2. The summed E-state index contributed by atoms with van der Waals surface area (Å²) in [6.07, 6.45) is 0.479. The second kappa shape index (κ2) is 6.93. The number of aliphatic hydroxyl groups excluding tert-OH is 1. The van der Waals surface area contributed by atoms with E-state index in [9.17, 15) is 14.7 Å². The molecular weight excluding hydrogens is 274 g/mol. The molecule has 0 aliphatic heterocycles. The van der Waals surface area contributed by atoms with Crippen molar-refractivity contribution in [2.75, 3.05) is 13.7 Å². The highest BCUT2D eigenvalue weighted by Gasteiger charge is 2.41. The highest BCUT2D eigenvalue weighted by Crippen LogP contribution is 2.38. The van der Waals surface area contributed by atoms with Crippen LogP contribution in [0, 0.1) is 11.8 Å². The van der Waals surface area contributed by atoms with Crippen molar-refractivity contribution in [2.24, 2.45) is 11.8 Å². The van der Waals surface area contributed by atoms with Gasteiger partial charge in [-0.3, -0.25) is 4.79 Å². The Bertz CT molecular complexity index is 413. The van der Waals surface area contributed by atoms with Crippen molar-refractivity contribution >= 4 is 12.1 Å². The molecule has 2 N–H and O–H groups in total. The molecule has 1 fully saturated rings. The molecule has 3 atom stereocenters. The molecule has 1 saturated carbocycles. The fraction of sp³-hybridized carbons (Fsp3) is 0.733. The van der Waals surface area contributed by atoms with Crippen LogP contribution in [0.25, 0.3) is 0 Å². The van der Waals surface area contributed by atoms with Crippen molar-refractivity contribution in [1.29, 1.82) is 0 Å². The molecule has 1 amide bonds. The number of ether oxygens (including phenoxy) is 2. The summed E-state index contributed by atoms with van der Waals surface area (Å²) in [5.74, 6) is -0.972. The number of esters is 1. The van der Waals surface area contributed by atoms with Crippen molar-refractivity contribution in [2.45, 2.75) is 45.3 Å². The van der Waals surface area contributed by atoms with Crippen LogP contribution in [0.1, 0.15) is 33.6 Å². The summed E-state index contributed by atoms with van der Waals surface area (Å²) in [5.41, 5.74) is 0.297. The van der Waals surface area contributed by atoms with E-state index in [0.717, 1.165) is 5.57 Å². The van der Waals surface area contributed by atoms with Gasteiger partial charge in [-0.15, -0.1) is 0 Å². The van der Waals surface area contributed by atoms with Crippen molar-refractivity contribution in [3.63, 3.8) is 0 Å². The zero-order chi connectivity index (χ0) is 16.2. The number of carbonyl (C=O) groups is 2. The minimum absolute atomic E-state index is 0.234. The average molecular weight is 299 g/mol. The Hall–Kier alpha value is -1.56. The molecule has 1 aliphatic carbocycles. The van der Waals surface area contributed by atoms with Gasteiger partial charge in [0.05, 0.1) is 25.7 Å². The number of hydrogen-bond acceptors (Lipinski definition) is 5. The van der Waals surface area contributed by atoms with Gasteiger partial charge in [0, 0.05) is 0 Å². The molecule has 120 valence electrons. The summed E-state index contributed by atoms with van der Waals surface area (Å²) in [7, 11) is 1.33. The van der Waals surface area contributed by atoms with Gasteiger partial charge in [-0.05, 0) is 39.5 Å². The number of aliphatic hydroxyl groups is 1. The second-order valence-corrected chi connectivity index (χ2v) is 6.39. The monoisotopic (exact) mass is 299 g/mol. The van der Waals surface area contributed by atoms with E-state index < -0.39 is 23.7 Å². The van der Waals surface area contributed by atoms with Crippen LogP contribution in [-0.4, -0.2) is 42.5 Å². The van der Waals surface area contributed by atoms with Gasteiger partial charge in [-0.1, -0.05) is 12.2 Å². The van der Waals surface area contributed by atoms with E-state index in [4.69, 9.17) is 9.47 Å². The number of allylic oxidation sites excluding steroid dienone is 1. The lowest BCUT2D eigenvalue weighted by Gasteiger charge is -2.28. The summed E-state index contributed by atoms with van der Waals surface area (Å²) >= 11 is 0. The molecule has 0 saturated heterocycles. The smallest absolute Gasteiger partial charge is 0.407 e. The average Bonchev–Trinajstić information content (AvgIpc) is 2.74. The third kappa shape index (κ3) is 5.04. The maximum atomic E-state index is 11.8. The number of hydrogen-bond donors (Lipinski definition) is 2. The first-order valence-corrected chi connectivity index (χ1v) is 7.02. The number of amides is 1. The van der Waals surface area contributed by atoms with Gasteiger partial charge in [0.2, 0.25) is 0 Å². The molecule has 0 spiro atoms. The lowest BCUT2D eigenvalue weighted by molar-refractivity contribution is -0.147. The van der Waals surface area contributed by atoms with E-state index in [1.54, 1.807) is 20.8 Å². The maximum Gasteiger partial charge on any atom is 0.407 e. The quantitative estimate of drug-likeness (QED) is 0.609. The standard InChI is InChI=1S/C15H25NO5/c1-9-6-10(11(7-9)13(18)20-5)12(8-17)16-14(19)21-15(2,3)4/h10-12,17H,1,6-8H2,2-5H3,(H,16,19). The first kappa shape index (κ1) is 17.5. The molecule has 1 aliphatic rings. The van der Waals surface area contributed by atoms with Gasteiger partial charge in [0.25, 0.3) is 0 Å². The molecule has 0 radical (unpaired) electrons. The third-order valence-electron chi connectivity index (χ3n) is 3.47. The number of rotatable bonds is 4. The van der Waals surface area contributed by atoms with Gasteiger partial charge in [-0.25, -0.2) is 4.79 Å². The molecule has 21 heavy (non-hydrogen) atoms. The Labute approximate surface area is 125 Å². The van der Waals surface area contributed by atoms with Crippen molar-refractivity contribution in [3.05, 3.63) is 12.2 Å². The maximum absolute atomic E-state index is 11.8. The predicted molar refractivity (Wildman–Crippen MR) is 77.6 cm³/mol. The molecule has 3 unspecified atom stereocenters. The van der Waals surface area contributed by atoms with Gasteiger partial charge in [-0.2, -0.15) is 0 Å². The minimum atomic E-state index is -0.620. The van der Waals surface area contributed by atoms with Gasteiger partial charge < -0.3 is 19.9 Å². The molecule has 0 bridgehead atoms. The van der Waals surface area contributed by atoms with E-state index in [-0.39, 0.29) is 18.5 Å². The van der Waals surface area contributed by atoms with Gasteiger partial charge in [0.15, 0.2) is 0 Å². The van der Waals surface area contributed by atoms with Gasteiger partial charge in [0.1, 0.15) is 5.60 Å². The van der Waals surface area contributed by atoms with E-state index >= 15 is 0 Å². The lowest BCUT2D eigenvalue weighted by atomic mass is 9.89. The molecular formula is C15H25NO5. The molecule has 0 aromatic rings. The Morgan fingerprint density at radius 2 is 2.05 bits per heavy atom. The fourth-order valence-electron chi connectivity index (χ4n) is 2.60. The third-order valence-corrected chi connectivity index (χ3v) is 3.47. The Balaban J connectivity index is 2.76. The van der Waals surface area contributed by atoms with Crippen LogP contribution >= 0.6 is 0 Å². The SMILES string of the molecule is C=C1CC(C(=O)OC)C(C(CO)NC(=O)OC(C)(C)C)C1. The summed E-state index contributed by atoms with van der Waals surface area (Å²) < 4.78 is 9.97. The van der Waals surface area contributed by atoms with E-state index in [1.165, 1.54) is 7.11 Å². The highest BCUT2D eigenvalue weighted by molar-refractivity contribution is 5.74. The molecule has 0 aromatic heterocycles. The predicted octanol–water partition coefficient (Wildman–Crippen LogP) is 1.63. The second-order valence-electron chi connectivity index (χ2n) is 6.39. The molecule has 6 heteroatoms. The molecule has 1 rings (SSSR count). The number of alkyl carbamates (subject to hydrolysis) is 1. The van der Waals surface area contributed by atoms with Crippen LogP contribution in [0.3, 0.4) is 0 Å². The van der Waals surface area contributed by atoms with Crippen LogP contribution in [0.2, 0.25) is 0 Å². The first-order valence-electron chi connectivity index (χ1n) is 7.02. The van der Waals surface area contributed by atoms with Crippen LogP contribution in [0.15, 0.2) is 12.2 Å². The Morgan fingerprint density at radius 1 is 1.43 bits per heavy atom. The zero-order valence-corrected chi connectivity index (χ0v) is 13.1. The Morgan fingerprint density at radius 3 is 2.52 bits per heavy atom. The highest BCUT2D eigenvalue weighted by atomic mass is 16.6. The zero-order valence-electron chi connectivity index (χ0n) is 13.1. The van der Waals surface area contributed by atoms with E-state index in [2.05, 4.69) is 11.9 Å². The fourth-order valence-corrected chi connectivity index (χ4v) is 2.60. The summed E-state index contributed by atoms with van der Waals surface area (Å²) in [6.45, 7) is 8.90. The number of methoxy groups -OCH3 is 1. The van der Waals surface area contributed by atoms with Crippen LogP contribution < -0.4 is 5.32 Å².